The second-order valence-electron chi connectivity index (χ2n) is 6.61. The van der Waals surface area contributed by atoms with Gasteiger partial charge >= 0.3 is 5.97 Å². The van der Waals surface area contributed by atoms with Crippen molar-refractivity contribution in [3.05, 3.63) is 68.9 Å². The first-order valence-corrected chi connectivity index (χ1v) is 10.2. The number of nitrogens with one attached hydrogen (secondary N) is 2. The third-order valence-corrected chi connectivity index (χ3v) is 5.29. The summed E-state index contributed by atoms with van der Waals surface area (Å²) in [5.41, 5.74) is 1.35. The summed E-state index contributed by atoms with van der Waals surface area (Å²) in [6, 6.07) is 8.75. The van der Waals surface area contributed by atoms with Crippen LogP contribution >= 0.6 is 27.5 Å². The van der Waals surface area contributed by atoms with E-state index in [1.54, 1.807) is 18.2 Å². The number of ether oxygens (including phenoxy) is 1. The summed E-state index contributed by atoms with van der Waals surface area (Å²) in [4.78, 5) is 36.7. The van der Waals surface area contributed by atoms with E-state index in [1.165, 1.54) is 38.3 Å². The van der Waals surface area contributed by atoms with Crippen molar-refractivity contribution in [2.24, 2.45) is 0 Å². The number of amides is 2. The minimum absolute atomic E-state index is 0.125. The number of carbonyl (C=O) groups is 3. The molecule has 0 saturated carbocycles. The Kier molecular flexibility index (Phi) is 8.80. The van der Waals surface area contributed by atoms with E-state index in [-0.39, 0.29) is 12.8 Å². The highest BCUT2D eigenvalue weighted by atomic mass is 79.9. The Morgan fingerprint density at radius 1 is 1.07 bits per heavy atom. The fraction of sp³-hybridized carbons (Fsp3) is 0.286. The molecule has 30 heavy (non-hydrogen) atoms. The average Bonchev–Trinajstić information content (AvgIpc) is 2.70. The number of esters is 1. The zero-order chi connectivity index (χ0) is 22.3. The Morgan fingerprint density at radius 3 is 2.33 bits per heavy atom. The van der Waals surface area contributed by atoms with Crippen LogP contribution in [-0.2, 0) is 32.0 Å². The zero-order valence-corrected chi connectivity index (χ0v) is 18.7. The molecule has 0 unspecified atom stereocenters. The summed E-state index contributed by atoms with van der Waals surface area (Å²) in [7, 11) is 1.22. The van der Waals surface area contributed by atoms with Crippen LogP contribution < -0.4 is 10.6 Å². The fourth-order valence-corrected chi connectivity index (χ4v) is 3.44. The molecule has 2 atom stereocenters. The predicted octanol–water partition coefficient (Wildman–Crippen LogP) is 3.19. The van der Waals surface area contributed by atoms with Gasteiger partial charge in [0.1, 0.15) is 17.9 Å². The van der Waals surface area contributed by atoms with Gasteiger partial charge in [0.25, 0.3) is 0 Å². The number of hydrogen-bond acceptors (Lipinski definition) is 4. The van der Waals surface area contributed by atoms with Crippen molar-refractivity contribution in [3.63, 3.8) is 0 Å². The molecule has 0 saturated heterocycles. The monoisotopic (exact) mass is 498 g/mol. The smallest absolute Gasteiger partial charge is 0.328 e. The van der Waals surface area contributed by atoms with Gasteiger partial charge < -0.3 is 15.4 Å². The van der Waals surface area contributed by atoms with E-state index in [4.69, 9.17) is 16.3 Å². The van der Waals surface area contributed by atoms with Crippen LogP contribution in [0.5, 0.6) is 0 Å². The number of hydrogen-bond donors (Lipinski definition) is 2. The summed E-state index contributed by atoms with van der Waals surface area (Å²) in [5, 5.41) is 5.68. The van der Waals surface area contributed by atoms with Gasteiger partial charge in [-0.2, -0.15) is 0 Å². The maximum Gasteiger partial charge on any atom is 0.328 e. The zero-order valence-electron chi connectivity index (χ0n) is 16.4. The van der Waals surface area contributed by atoms with Gasteiger partial charge in [-0.05, 0) is 41.5 Å². The lowest BCUT2D eigenvalue weighted by molar-refractivity contribution is -0.145. The summed E-state index contributed by atoms with van der Waals surface area (Å²) in [6.45, 7) is 1.28. The van der Waals surface area contributed by atoms with Crippen molar-refractivity contribution in [2.75, 3.05) is 7.11 Å². The highest BCUT2D eigenvalue weighted by Crippen LogP contribution is 2.22. The van der Waals surface area contributed by atoms with Crippen molar-refractivity contribution in [1.29, 1.82) is 0 Å². The van der Waals surface area contributed by atoms with E-state index in [9.17, 15) is 18.8 Å². The largest absolute Gasteiger partial charge is 0.467 e. The van der Waals surface area contributed by atoms with Crippen molar-refractivity contribution in [1.82, 2.24) is 10.6 Å². The minimum Gasteiger partial charge on any atom is -0.467 e. The molecule has 0 radical (unpaired) electrons. The van der Waals surface area contributed by atoms with Crippen LogP contribution in [0.25, 0.3) is 0 Å². The third kappa shape index (κ3) is 7.11. The molecule has 0 aromatic heterocycles. The number of methoxy groups -OCH3 is 1. The highest BCUT2D eigenvalue weighted by Gasteiger charge is 2.28. The quantitative estimate of drug-likeness (QED) is 0.547. The van der Waals surface area contributed by atoms with Crippen LogP contribution in [0.3, 0.4) is 0 Å². The molecule has 0 aliphatic carbocycles. The molecule has 2 N–H and O–H groups in total. The van der Waals surface area contributed by atoms with Crippen LogP contribution in [0.1, 0.15) is 18.1 Å². The summed E-state index contributed by atoms with van der Waals surface area (Å²) >= 11 is 9.43. The molecule has 2 amide bonds. The molecule has 0 aliphatic rings. The molecule has 0 fully saturated rings. The van der Waals surface area contributed by atoms with Crippen molar-refractivity contribution >= 4 is 45.3 Å². The lowest BCUT2D eigenvalue weighted by Gasteiger charge is -2.22. The Balaban J connectivity index is 2.20. The standard InChI is InChI=1S/C21H21BrClFN2O4/c1-12(27)25-18(9-13-3-6-16(24)7-4-13)20(28)26-19(21(29)30-2)11-14-10-15(23)5-8-17(14)22/h3-8,10,18-19H,9,11H2,1-2H3,(H,25,27)(H,26,28)/t18-,19-/m1/s1. The summed E-state index contributed by atoms with van der Waals surface area (Å²) in [5.74, 6) is -2.02. The summed E-state index contributed by atoms with van der Waals surface area (Å²) in [6.07, 6.45) is 0.253. The van der Waals surface area contributed by atoms with Gasteiger partial charge in [-0.15, -0.1) is 0 Å². The Labute approximate surface area is 187 Å². The fourth-order valence-electron chi connectivity index (χ4n) is 2.84. The molecule has 0 spiro atoms. The Bertz CT molecular complexity index is 924. The van der Waals surface area contributed by atoms with Crippen molar-refractivity contribution < 1.29 is 23.5 Å². The van der Waals surface area contributed by atoms with E-state index in [1.807, 2.05) is 0 Å². The third-order valence-electron chi connectivity index (χ3n) is 4.28. The maximum absolute atomic E-state index is 13.1. The van der Waals surface area contributed by atoms with Crippen LogP contribution in [0.4, 0.5) is 4.39 Å². The first kappa shape index (κ1) is 23.8. The van der Waals surface area contributed by atoms with E-state index >= 15 is 0 Å². The molecule has 6 nitrogen and oxygen atoms in total. The normalized spacial score (nSPS) is 12.6. The number of rotatable bonds is 8. The first-order valence-electron chi connectivity index (χ1n) is 9.03. The van der Waals surface area contributed by atoms with E-state index in [0.717, 1.165) is 4.47 Å². The molecular weight excluding hydrogens is 479 g/mol. The molecule has 160 valence electrons. The lowest BCUT2D eigenvalue weighted by Crippen LogP contribution is -2.53. The second-order valence-corrected chi connectivity index (χ2v) is 7.90. The second kappa shape index (κ2) is 11.1. The molecule has 0 bridgehead atoms. The topological polar surface area (TPSA) is 84.5 Å². The van der Waals surface area contributed by atoms with Crippen molar-refractivity contribution in [3.8, 4) is 0 Å². The van der Waals surface area contributed by atoms with E-state index in [0.29, 0.717) is 16.1 Å². The number of benzene rings is 2. The number of carbonyl (C=O) groups excluding carboxylic acids is 3. The van der Waals surface area contributed by atoms with Gasteiger partial charge in [0, 0.05) is 29.3 Å². The molecule has 0 heterocycles. The minimum atomic E-state index is -0.998. The van der Waals surface area contributed by atoms with Gasteiger partial charge in [-0.1, -0.05) is 39.7 Å². The SMILES string of the molecule is COC(=O)[C@@H](Cc1cc(Cl)ccc1Br)NC(=O)[C@@H](Cc1ccc(F)cc1)NC(C)=O. The van der Waals surface area contributed by atoms with Crippen molar-refractivity contribution in [2.45, 2.75) is 31.8 Å². The molecule has 0 aliphatic heterocycles. The van der Waals surface area contributed by atoms with Crippen LogP contribution in [0, 0.1) is 5.82 Å². The van der Waals surface area contributed by atoms with E-state index in [2.05, 4.69) is 26.6 Å². The molecule has 2 rings (SSSR count). The van der Waals surface area contributed by atoms with Crippen LogP contribution in [0.15, 0.2) is 46.9 Å². The molecule has 9 heteroatoms. The summed E-state index contributed by atoms with van der Waals surface area (Å²) < 4.78 is 18.7. The average molecular weight is 500 g/mol. The molecular formula is C21H21BrClFN2O4. The maximum atomic E-state index is 13.1. The Morgan fingerprint density at radius 2 is 1.73 bits per heavy atom. The van der Waals surface area contributed by atoms with Gasteiger partial charge in [0.05, 0.1) is 7.11 Å². The Hall–Kier alpha value is -2.45. The highest BCUT2D eigenvalue weighted by molar-refractivity contribution is 9.10. The van der Waals surface area contributed by atoms with Crippen LogP contribution in [0.2, 0.25) is 5.02 Å². The first-order chi connectivity index (χ1) is 14.2. The van der Waals surface area contributed by atoms with Crippen LogP contribution in [-0.4, -0.2) is 37.0 Å². The van der Waals surface area contributed by atoms with E-state index < -0.39 is 35.7 Å². The van der Waals surface area contributed by atoms with Gasteiger partial charge in [0.15, 0.2) is 0 Å². The van der Waals surface area contributed by atoms with Gasteiger partial charge in [0.2, 0.25) is 11.8 Å². The lowest BCUT2D eigenvalue weighted by atomic mass is 10.0. The van der Waals surface area contributed by atoms with Gasteiger partial charge in [-0.25, -0.2) is 9.18 Å². The number of halogens is 3. The molecule has 2 aromatic carbocycles. The predicted molar refractivity (Wildman–Crippen MR) is 115 cm³/mol. The van der Waals surface area contributed by atoms with Gasteiger partial charge in [-0.3, -0.25) is 9.59 Å². The molecule has 2 aromatic rings.